The summed E-state index contributed by atoms with van der Waals surface area (Å²) in [7, 11) is 1.52. The summed E-state index contributed by atoms with van der Waals surface area (Å²) in [5.74, 6) is -0.437. The van der Waals surface area contributed by atoms with Crippen LogP contribution >= 0.6 is 0 Å². The average molecular weight is 244 g/mol. The van der Waals surface area contributed by atoms with Crippen LogP contribution in [0.3, 0.4) is 0 Å². The monoisotopic (exact) mass is 244 g/mol. The number of rotatable bonds is 1. The fourth-order valence-electron chi connectivity index (χ4n) is 2.01. The largest absolute Gasteiger partial charge is 0.308 e. The predicted octanol–water partition coefficient (Wildman–Crippen LogP) is 2.48. The quantitative estimate of drug-likeness (QED) is 0.773. The van der Waals surface area contributed by atoms with Gasteiger partial charge >= 0.3 is 0 Å². The van der Waals surface area contributed by atoms with E-state index in [4.69, 9.17) is 5.26 Å². The van der Waals surface area contributed by atoms with Crippen LogP contribution in [0.15, 0.2) is 29.1 Å². The Kier molecular flexibility index (Phi) is 2.70. The number of benzene rings is 1. The molecule has 1 heterocycles. The van der Waals surface area contributed by atoms with Crippen molar-refractivity contribution in [3.8, 4) is 6.07 Å². The lowest BCUT2D eigenvalue weighted by molar-refractivity contribution is 0.623. The zero-order valence-corrected chi connectivity index (χ0v) is 10.5. The van der Waals surface area contributed by atoms with E-state index in [0.717, 1.165) is 0 Å². The van der Waals surface area contributed by atoms with Crippen LogP contribution in [0.1, 0.15) is 19.4 Å². The molecular formula is C14H13FN2O. The van der Waals surface area contributed by atoms with Gasteiger partial charge in [0, 0.05) is 18.0 Å². The minimum absolute atomic E-state index is 0.264. The highest BCUT2D eigenvalue weighted by atomic mass is 19.1. The average Bonchev–Trinajstić information content (AvgIpc) is 2.33. The Hall–Kier alpha value is -2.15. The Balaban J connectivity index is 2.95. The van der Waals surface area contributed by atoms with Crippen molar-refractivity contribution in [1.29, 1.82) is 5.26 Å². The van der Waals surface area contributed by atoms with Crippen LogP contribution in [0.25, 0.3) is 10.9 Å². The molecule has 92 valence electrons. The van der Waals surface area contributed by atoms with E-state index < -0.39 is 11.2 Å². The van der Waals surface area contributed by atoms with Crippen LogP contribution in [0.4, 0.5) is 4.39 Å². The molecule has 0 saturated heterocycles. The summed E-state index contributed by atoms with van der Waals surface area (Å²) >= 11 is 0. The van der Waals surface area contributed by atoms with Gasteiger partial charge in [0.1, 0.15) is 5.82 Å². The van der Waals surface area contributed by atoms with Crippen molar-refractivity contribution in [3.63, 3.8) is 0 Å². The Morgan fingerprint density at radius 2 is 2.06 bits per heavy atom. The van der Waals surface area contributed by atoms with Crippen LogP contribution < -0.4 is 5.56 Å². The maximum Gasteiger partial charge on any atom is 0.255 e. The molecule has 0 N–H and O–H groups in total. The second kappa shape index (κ2) is 3.95. The molecule has 0 aliphatic rings. The molecule has 18 heavy (non-hydrogen) atoms. The van der Waals surface area contributed by atoms with Gasteiger partial charge in [-0.15, -0.1) is 0 Å². The summed E-state index contributed by atoms with van der Waals surface area (Å²) in [5.41, 5.74) is -0.584. The van der Waals surface area contributed by atoms with E-state index in [0.29, 0.717) is 10.9 Å². The summed E-state index contributed by atoms with van der Waals surface area (Å²) < 4.78 is 15.0. The highest BCUT2D eigenvalue weighted by Gasteiger charge is 2.25. The van der Waals surface area contributed by atoms with Crippen molar-refractivity contribution in [1.82, 2.24) is 4.57 Å². The van der Waals surface area contributed by atoms with Gasteiger partial charge < -0.3 is 4.57 Å². The molecule has 1 aromatic carbocycles. The molecule has 2 aromatic rings. The number of halogens is 1. The lowest BCUT2D eigenvalue weighted by Gasteiger charge is -2.17. The normalized spacial score (nSPS) is 11.5. The van der Waals surface area contributed by atoms with Crippen molar-refractivity contribution < 1.29 is 4.39 Å². The molecule has 0 aliphatic carbocycles. The Bertz CT molecular complexity index is 723. The Labute approximate surface area is 104 Å². The van der Waals surface area contributed by atoms with E-state index in [9.17, 15) is 9.18 Å². The van der Waals surface area contributed by atoms with Crippen molar-refractivity contribution in [2.24, 2.45) is 7.05 Å². The van der Waals surface area contributed by atoms with Crippen molar-refractivity contribution in [2.45, 2.75) is 19.3 Å². The van der Waals surface area contributed by atoms with E-state index in [2.05, 4.69) is 6.07 Å². The molecule has 0 spiro atoms. The van der Waals surface area contributed by atoms with Gasteiger partial charge in [-0.1, -0.05) is 12.1 Å². The maximum atomic E-state index is 13.7. The van der Waals surface area contributed by atoms with Crippen molar-refractivity contribution in [3.05, 3.63) is 46.0 Å². The van der Waals surface area contributed by atoms with Crippen molar-refractivity contribution in [2.75, 3.05) is 0 Å². The van der Waals surface area contributed by atoms with Gasteiger partial charge in [-0.3, -0.25) is 4.79 Å². The Morgan fingerprint density at radius 1 is 1.39 bits per heavy atom. The molecule has 4 heteroatoms. The number of hydrogen-bond donors (Lipinski definition) is 0. The molecule has 0 unspecified atom stereocenters. The highest BCUT2D eigenvalue weighted by molar-refractivity contribution is 5.80. The fourth-order valence-corrected chi connectivity index (χ4v) is 2.01. The molecule has 0 aliphatic heterocycles. The summed E-state index contributed by atoms with van der Waals surface area (Å²) in [5, 5.41) is 9.74. The summed E-state index contributed by atoms with van der Waals surface area (Å²) in [4.78, 5) is 12.2. The standard InChI is InChI=1S/C14H13FN2O/c1-14(2,8-16)10-7-9-5-4-6-11(15)12(9)17(3)13(10)18/h4-7H,1-3H3. The summed E-state index contributed by atoms with van der Waals surface area (Å²) in [6.45, 7) is 3.35. The minimum atomic E-state index is -0.894. The fraction of sp³-hybridized carbons (Fsp3) is 0.286. The lowest BCUT2D eigenvalue weighted by atomic mass is 9.86. The lowest BCUT2D eigenvalue weighted by Crippen LogP contribution is -2.30. The minimum Gasteiger partial charge on any atom is -0.308 e. The zero-order valence-electron chi connectivity index (χ0n) is 10.5. The van der Waals surface area contributed by atoms with Gasteiger partial charge in [-0.05, 0) is 26.0 Å². The second-order valence-electron chi connectivity index (χ2n) is 4.84. The topological polar surface area (TPSA) is 45.8 Å². The van der Waals surface area contributed by atoms with Gasteiger partial charge in [0.2, 0.25) is 0 Å². The summed E-state index contributed by atoms with van der Waals surface area (Å²) in [6, 6.07) is 8.33. The van der Waals surface area contributed by atoms with E-state index in [-0.39, 0.29) is 11.1 Å². The number of fused-ring (bicyclic) bond motifs is 1. The number of pyridine rings is 1. The first kappa shape index (κ1) is 12.3. The number of para-hydroxylation sites is 1. The molecule has 0 fully saturated rings. The van der Waals surface area contributed by atoms with Gasteiger partial charge in [0.05, 0.1) is 17.0 Å². The first-order valence-electron chi connectivity index (χ1n) is 5.58. The molecule has 0 saturated carbocycles. The van der Waals surface area contributed by atoms with E-state index in [1.807, 2.05) is 0 Å². The second-order valence-corrected chi connectivity index (χ2v) is 4.84. The van der Waals surface area contributed by atoms with E-state index >= 15 is 0 Å². The SMILES string of the molecule is Cn1c(=O)c(C(C)(C)C#N)cc2cccc(F)c21. The number of nitrogens with zero attached hydrogens (tertiary/aromatic N) is 2. The molecule has 0 bridgehead atoms. The molecule has 2 rings (SSSR count). The predicted molar refractivity (Wildman–Crippen MR) is 67.8 cm³/mol. The van der Waals surface area contributed by atoms with Gasteiger partial charge in [-0.25, -0.2) is 4.39 Å². The maximum absolute atomic E-state index is 13.7. The first-order chi connectivity index (χ1) is 8.38. The van der Waals surface area contributed by atoms with Crippen molar-refractivity contribution >= 4 is 10.9 Å². The molecular weight excluding hydrogens is 231 g/mol. The molecule has 3 nitrogen and oxygen atoms in total. The third-order valence-corrected chi connectivity index (χ3v) is 3.14. The van der Waals surface area contributed by atoms with Crippen LogP contribution in [0.2, 0.25) is 0 Å². The third-order valence-electron chi connectivity index (χ3n) is 3.14. The number of aryl methyl sites for hydroxylation is 1. The Morgan fingerprint density at radius 3 is 2.67 bits per heavy atom. The van der Waals surface area contributed by atoms with E-state index in [1.165, 1.54) is 17.7 Å². The number of aromatic nitrogens is 1. The molecule has 0 radical (unpaired) electrons. The molecule has 1 aromatic heterocycles. The smallest absolute Gasteiger partial charge is 0.255 e. The number of nitriles is 1. The first-order valence-corrected chi connectivity index (χ1v) is 5.58. The van der Waals surface area contributed by atoms with Gasteiger partial charge in [0.15, 0.2) is 0 Å². The summed E-state index contributed by atoms with van der Waals surface area (Å²) in [6.07, 6.45) is 0. The molecule has 0 atom stereocenters. The third kappa shape index (κ3) is 1.68. The molecule has 0 amide bonds. The van der Waals surface area contributed by atoms with E-state index in [1.54, 1.807) is 32.0 Å². The van der Waals surface area contributed by atoms with Gasteiger partial charge in [0.25, 0.3) is 5.56 Å². The highest BCUT2D eigenvalue weighted by Crippen LogP contribution is 2.23. The zero-order chi connectivity index (χ0) is 13.5. The van der Waals surface area contributed by atoms with Crippen LogP contribution in [-0.4, -0.2) is 4.57 Å². The van der Waals surface area contributed by atoms with Crippen LogP contribution in [0, 0.1) is 17.1 Å². The van der Waals surface area contributed by atoms with Crippen LogP contribution in [0.5, 0.6) is 0 Å². The number of hydrogen-bond acceptors (Lipinski definition) is 2. The van der Waals surface area contributed by atoms with Gasteiger partial charge in [-0.2, -0.15) is 5.26 Å². The van der Waals surface area contributed by atoms with Crippen LogP contribution in [-0.2, 0) is 12.5 Å².